The zero-order chi connectivity index (χ0) is 15.4. The van der Waals surface area contributed by atoms with Crippen molar-refractivity contribution in [1.29, 1.82) is 0 Å². The second-order valence-electron chi connectivity index (χ2n) is 4.67. The van der Waals surface area contributed by atoms with Gasteiger partial charge in [0.05, 0.1) is 17.3 Å². The van der Waals surface area contributed by atoms with Crippen LogP contribution in [0, 0.1) is 0 Å². The Morgan fingerprint density at radius 1 is 1.09 bits per heavy atom. The Morgan fingerprint density at radius 2 is 1.91 bits per heavy atom. The molecule has 0 radical (unpaired) electrons. The lowest BCUT2D eigenvalue weighted by Crippen LogP contribution is -1.83. The number of thiazole rings is 1. The highest BCUT2D eigenvalue weighted by atomic mass is 32.1. The molecule has 0 atom stereocenters. The van der Waals surface area contributed by atoms with Crippen molar-refractivity contribution in [2.75, 3.05) is 7.11 Å². The third-order valence-electron chi connectivity index (χ3n) is 3.15. The zero-order valence-electron chi connectivity index (χ0n) is 12.1. The minimum absolute atomic E-state index is 0.143. The van der Waals surface area contributed by atoms with Crippen LogP contribution in [-0.2, 0) is 0 Å². The summed E-state index contributed by atoms with van der Waals surface area (Å²) in [6.45, 7) is 0. The SMILES string of the molecule is COc1cc(/C=C/C=C/c2nc3ccccc3s2)ccc1O. The largest absolute Gasteiger partial charge is 0.504 e. The maximum absolute atomic E-state index is 9.55. The van der Waals surface area contributed by atoms with Crippen LogP contribution < -0.4 is 4.74 Å². The minimum atomic E-state index is 0.143. The molecule has 1 aromatic heterocycles. The van der Waals surface area contributed by atoms with Gasteiger partial charge in [0, 0.05) is 0 Å². The van der Waals surface area contributed by atoms with Crippen LogP contribution in [0.3, 0.4) is 0 Å². The molecule has 0 unspecified atom stereocenters. The molecule has 3 rings (SSSR count). The van der Waals surface area contributed by atoms with Gasteiger partial charge in [0.25, 0.3) is 0 Å². The van der Waals surface area contributed by atoms with E-state index in [1.807, 2.05) is 48.6 Å². The van der Waals surface area contributed by atoms with Crippen molar-refractivity contribution in [3.05, 3.63) is 65.2 Å². The van der Waals surface area contributed by atoms with E-state index in [9.17, 15) is 5.11 Å². The molecule has 2 aromatic carbocycles. The molecular weight excluding hydrogens is 294 g/mol. The number of allylic oxidation sites excluding steroid dienone is 2. The zero-order valence-corrected chi connectivity index (χ0v) is 12.9. The third kappa shape index (κ3) is 3.18. The highest BCUT2D eigenvalue weighted by Gasteiger charge is 2.00. The second-order valence-corrected chi connectivity index (χ2v) is 5.73. The average Bonchev–Trinajstić information content (AvgIpc) is 2.95. The van der Waals surface area contributed by atoms with Gasteiger partial charge in [0.2, 0.25) is 0 Å². The number of methoxy groups -OCH3 is 1. The van der Waals surface area contributed by atoms with Crippen molar-refractivity contribution in [3.8, 4) is 11.5 Å². The van der Waals surface area contributed by atoms with Crippen LogP contribution >= 0.6 is 11.3 Å². The summed E-state index contributed by atoms with van der Waals surface area (Å²) in [4.78, 5) is 4.54. The first-order chi connectivity index (χ1) is 10.8. The summed E-state index contributed by atoms with van der Waals surface area (Å²) in [6.07, 6.45) is 7.83. The van der Waals surface area contributed by atoms with Crippen LogP contribution in [-0.4, -0.2) is 17.2 Å². The molecular formula is C18H15NO2S. The van der Waals surface area contributed by atoms with E-state index in [1.165, 1.54) is 11.8 Å². The number of hydrogen-bond donors (Lipinski definition) is 1. The highest BCUT2D eigenvalue weighted by Crippen LogP contribution is 2.27. The van der Waals surface area contributed by atoms with Crippen molar-refractivity contribution in [2.24, 2.45) is 0 Å². The van der Waals surface area contributed by atoms with E-state index in [0.29, 0.717) is 5.75 Å². The molecule has 110 valence electrons. The molecule has 0 bridgehead atoms. The van der Waals surface area contributed by atoms with E-state index in [1.54, 1.807) is 23.5 Å². The van der Waals surface area contributed by atoms with Crippen LogP contribution in [0.25, 0.3) is 22.4 Å². The molecule has 3 nitrogen and oxygen atoms in total. The molecule has 1 N–H and O–H groups in total. The Hall–Kier alpha value is -2.59. The van der Waals surface area contributed by atoms with Gasteiger partial charge in [-0.1, -0.05) is 36.4 Å². The lowest BCUT2D eigenvalue weighted by molar-refractivity contribution is 0.373. The molecule has 0 aliphatic heterocycles. The minimum Gasteiger partial charge on any atom is -0.504 e. The highest BCUT2D eigenvalue weighted by molar-refractivity contribution is 7.19. The van der Waals surface area contributed by atoms with Gasteiger partial charge in [-0.25, -0.2) is 4.98 Å². The summed E-state index contributed by atoms with van der Waals surface area (Å²) in [5.74, 6) is 0.613. The second kappa shape index (κ2) is 6.45. The summed E-state index contributed by atoms with van der Waals surface area (Å²) in [7, 11) is 1.54. The molecule has 0 saturated heterocycles. The number of hydrogen-bond acceptors (Lipinski definition) is 4. The number of ether oxygens (including phenoxy) is 1. The third-order valence-corrected chi connectivity index (χ3v) is 4.15. The normalized spacial score (nSPS) is 11.7. The van der Waals surface area contributed by atoms with Gasteiger partial charge < -0.3 is 9.84 Å². The Labute approximate surface area is 132 Å². The Kier molecular flexibility index (Phi) is 4.21. The molecule has 0 aliphatic rings. The summed E-state index contributed by atoms with van der Waals surface area (Å²) in [5, 5.41) is 10.5. The summed E-state index contributed by atoms with van der Waals surface area (Å²) in [5.41, 5.74) is 1.99. The Balaban J connectivity index is 1.73. The molecule has 0 aliphatic carbocycles. The topological polar surface area (TPSA) is 42.4 Å². The number of aromatic hydroxyl groups is 1. The lowest BCUT2D eigenvalue weighted by atomic mass is 10.2. The molecule has 0 spiro atoms. The lowest BCUT2D eigenvalue weighted by Gasteiger charge is -2.03. The molecule has 0 saturated carbocycles. The van der Waals surface area contributed by atoms with Gasteiger partial charge in [0.15, 0.2) is 11.5 Å². The van der Waals surface area contributed by atoms with Crippen LogP contribution in [0.2, 0.25) is 0 Å². The van der Waals surface area contributed by atoms with Gasteiger partial charge >= 0.3 is 0 Å². The van der Waals surface area contributed by atoms with Crippen LogP contribution in [0.4, 0.5) is 0 Å². The first kappa shape index (κ1) is 14.4. The van der Waals surface area contributed by atoms with Crippen LogP contribution in [0.5, 0.6) is 11.5 Å². The van der Waals surface area contributed by atoms with Crippen LogP contribution in [0.1, 0.15) is 10.6 Å². The Bertz CT molecular complexity index is 816. The predicted octanol–water partition coefficient (Wildman–Crippen LogP) is 4.74. The summed E-state index contributed by atoms with van der Waals surface area (Å²) in [6, 6.07) is 13.3. The van der Waals surface area contributed by atoms with E-state index in [2.05, 4.69) is 11.1 Å². The number of phenolic OH excluding ortho intramolecular Hbond substituents is 1. The number of para-hydroxylation sites is 1. The average molecular weight is 309 g/mol. The van der Waals surface area contributed by atoms with E-state index in [0.717, 1.165) is 16.1 Å². The Morgan fingerprint density at radius 3 is 2.73 bits per heavy atom. The smallest absolute Gasteiger partial charge is 0.161 e. The van der Waals surface area contributed by atoms with Gasteiger partial charge in [0.1, 0.15) is 5.01 Å². The van der Waals surface area contributed by atoms with Crippen LogP contribution in [0.15, 0.2) is 54.6 Å². The van der Waals surface area contributed by atoms with E-state index in [4.69, 9.17) is 4.74 Å². The number of phenols is 1. The number of rotatable bonds is 4. The van der Waals surface area contributed by atoms with Crippen molar-refractivity contribution in [1.82, 2.24) is 4.98 Å². The van der Waals surface area contributed by atoms with E-state index < -0.39 is 0 Å². The van der Waals surface area contributed by atoms with Gasteiger partial charge in [-0.15, -0.1) is 11.3 Å². The van der Waals surface area contributed by atoms with Crippen molar-refractivity contribution in [3.63, 3.8) is 0 Å². The quantitative estimate of drug-likeness (QED) is 0.708. The monoisotopic (exact) mass is 309 g/mol. The molecule has 0 fully saturated rings. The van der Waals surface area contributed by atoms with Crippen molar-refractivity contribution in [2.45, 2.75) is 0 Å². The fourth-order valence-electron chi connectivity index (χ4n) is 2.06. The van der Waals surface area contributed by atoms with Gasteiger partial charge in [-0.05, 0) is 35.9 Å². The summed E-state index contributed by atoms with van der Waals surface area (Å²) < 4.78 is 6.27. The standard InChI is InChI=1S/C18H15NO2S/c1-21-16-12-13(10-11-15(16)20)6-2-5-9-18-19-14-7-3-4-8-17(14)22-18/h2-12,20H,1H3/b6-2+,9-5+. The first-order valence-electron chi connectivity index (χ1n) is 6.83. The number of nitrogens with zero attached hydrogens (tertiary/aromatic N) is 1. The van der Waals surface area contributed by atoms with Gasteiger partial charge in [-0.2, -0.15) is 0 Å². The summed E-state index contributed by atoms with van der Waals surface area (Å²) >= 11 is 1.67. The van der Waals surface area contributed by atoms with E-state index in [-0.39, 0.29) is 5.75 Å². The van der Waals surface area contributed by atoms with Gasteiger partial charge in [-0.3, -0.25) is 0 Å². The fraction of sp³-hybridized carbons (Fsp3) is 0.0556. The maximum Gasteiger partial charge on any atom is 0.161 e. The van der Waals surface area contributed by atoms with Crippen molar-refractivity contribution < 1.29 is 9.84 Å². The van der Waals surface area contributed by atoms with Crippen molar-refractivity contribution >= 4 is 33.7 Å². The first-order valence-corrected chi connectivity index (χ1v) is 7.65. The number of fused-ring (bicyclic) bond motifs is 1. The maximum atomic E-state index is 9.55. The molecule has 3 aromatic rings. The molecule has 0 amide bonds. The number of benzene rings is 2. The fourth-order valence-corrected chi connectivity index (χ4v) is 2.94. The molecule has 1 heterocycles. The predicted molar refractivity (Wildman–Crippen MR) is 92.3 cm³/mol. The van der Waals surface area contributed by atoms with E-state index >= 15 is 0 Å². The number of aromatic nitrogens is 1. The molecule has 4 heteroatoms. The molecule has 22 heavy (non-hydrogen) atoms.